The number of likely N-dealkylation sites (N-methyl/N-ethyl adjacent to an activating group) is 1. The van der Waals surface area contributed by atoms with Gasteiger partial charge in [-0.05, 0) is 95.7 Å². The standard InChI is InChI=1S/C54H103N3O6/c1-7-10-13-16-21-28-36-49(37-29-22-17-14-11-8-2)63-53(60)39-31-24-19-26-33-42-57(43-34-40-56-54-50(55-6)45-61-46-51(54)58)41-32-25-18-23-30-38-52(59)62-44-48(47(4)5)35-27-20-15-12-9-3/h47-49,55-56H,7-46H2,1-6H3. The highest BCUT2D eigenvalue weighted by molar-refractivity contribution is 5.97. The van der Waals surface area contributed by atoms with Crippen LogP contribution >= 0.6 is 0 Å². The molecular weight excluding hydrogens is 787 g/mol. The van der Waals surface area contributed by atoms with E-state index < -0.39 is 0 Å². The van der Waals surface area contributed by atoms with Gasteiger partial charge < -0.3 is 29.7 Å². The Labute approximate surface area is 389 Å². The quantitative estimate of drug-likeness (QED) is 0.0456. The van der Waals surface area contributed by atoms with Gasteiger partial charge in [0.25, 0.3) is 0 Å². The summed E-state index contributed by atoms with van der Waals surface area (Å²) in [6.45, 7) is 16.3. The molecule has 2 N–H and O–H groups in total. The summed E-state index contributed by atoms with van der Waals surface area (Å²) in [6.07, 6.45) is 37.9. The van der Waals surface area contributed by atoms with Crippen LogP contribution in [-0.2, 0) is 28.6 Å². The maximum atomic E-state index is 12.9. The van der Waals surface area contributed by atoms with Crippen LogP contribution in [0.4, 0.5) is 0 Å². The predicted molar refractivity (Wildman–Crippen MR) is 265 cm³/mol. The van der Waals surface area contributed by atoms with Crippen molar-refractivity contribution in [3.05, 3.63) is 11.4 Å². The molecule has 1 atom stereocenters. The minimum Gasteiger partial charge on any atom is -0.465 e. The molecule has 9 nitrogen and oxygen atoms in total. The van der Waals surface area contributed by atoms with E-state index in [1.807, 2.05) is 7.05 Å². The summed E-state index contributed by atoms with van der Waals surface area (Å²) in [5, 5.41) is 6.51. The van der Waals surface area contributed by atoms with E-state index in [2.05, 4.69) is 50.2 Å². The van der Waals surface area contributed by atoms with Crippen LogP contribution in [0, 0.1) is 11.8 Å². The van der Waals surface area contributed by atoms with Gasteiger partial charge in [0.1, 0.15) is 18.4 Å². The Morgan fingerprint density at radius 1 is 0.587 bits per heavy atom. The summed E-state index contributed by atoms with van der Waals surface area (Å²) in [4.78, 5) is 40.5. The molecule has 1 rings (SSSR count). The predicted octanol–water partition coefficient (Wildman–Crippen LogP) is 13.6. The first-order valence-corrected chi connectivity index (χ1v) is 27.1. The van der Waals surface area contributed by atoms with Crippen molar-refractivity contribution in [1.82, 2.24) is 15.5 Å². The van der Waals surface area contributed by atoms with Crippen LogP contribution in [-0.4, -0.2) is 81.8 Å². The average molecular weight is 890 g/mol. The van der Waals surface area contributed by atoms with Crippen LogP contribution in [0.25, 0.3) is 0 Å². The summed E-state index contributed by atoms with van der Waals surface area (Å²) in [5.74, 6) is 0.999. The minimum absolute atomic E-state index is 0.00955. The molecule has 0 aromatic carbocycles. The number of Topliss-reactive ketones (excluding diaryl/α,β-unsaturated/α-hetero) is 1. The smallest absolute Gasteiger partial charge is 0.306 e. The number of carbonyl (C=O) groups is 3. The number of hydrogen-bond donors (Lipinski definition) is 2. The topological polar surface area (TPSA) is 106 Å². The molecule has 1 aliphatic heterocycles. The molecule has 0 aliphatic carbocycles. The molecule has 0 radical (unpaired) electrons. The van der Waals surface area contributed by atoms with Crippen LogP contribution in [0.5, 0.6) is 0 Å². The summed E-state index contributed by atoms with van der Waals surface area (Å²) >= 11 is 0. The number of carbonyl (C=O) groups excluding carboxylic acids is 3. The van der Waals surface area contributed by atoms with E-state index in [4.69, 9.17) is 14.2 Å². The normalized spacial score (nSPS) is 13.7. The third-order valence-corrected chi connectivity index (χ3v) is 13.2. The van der Waals surface area contributed by atoms with Crippen molar-refractivity contribution in [3.63, 3.8) is 0 Å². The minimum atomic E-state index is -0.0300. The lowest BCUT2D eigenvalue weighted by atomic mass is 9.91. The number of unbranched alkanes of at least 4 members (excludes halogenated alkanes) is 22. The van der Waals surface area contributed by atoms with Crippen molar-refractivity contribution in [1.29, 1.82) is 0 Å². The molecule has 1 unspecified atom stereocenters. The zero-order valence-corrected chi connectivity index (χ0v) is 42.4. The highest BCUT2D eigenvalue weighted by Crippen LogP contribution is 2.21. The first kappa shape index (κ1) is 58.9. The monoisotopic (exact) mass is 890 g/mol. The zero-order chi connectivity index (χ0) is 46.0. The zero-order valence-electron chi connectivity index (χ0n) is 42.4. The van der Waals surface area contributed by atoms with E-state index in [0.717, 1.165) is 109 Å². The summed E-state index contributed by atoms with van der Waals surface area (Å²) < 4.78 is 17.2. The van der Waals surface area contributed by atoms with Crippen LogP contribution in [0.15, 0.2) is 11.4 Å². The van der Waals surface area contributed by atoms with Crippen molar-refractivity contribution in [2.75, 3.05) is 53.0 Å². The number of nitrogens with one attached hydrogen (secondary N) is 2. The third-order valence-electron chi connectivity index (χ3n) is 13.2. The van der Waals surface area contributed by atoms with Crippen molar-refractivity contribution in [3.8, 4) is 0 Å². The van der Waals surface area contributed by atoms with Crippen molar-refractivity contribution in [2.45, 2.75) is 253 Å². The van der Waals surface area contributed by atoms with E-state index in [9.17, 15) is 14.4 Å². The molecule has 0 saturated carbocycles. The maximum Gasteiger partial charge on any atom is 0.306 e. The molecule has 0 aromatic heterocycles. The SMILES string of the molecule is CCCCCCCCC(CCCCCCCC)OC(=O)CCCCCCCN(CCCCCCCC(=O)OCC(CCCCCCC)C(C)C)CCCNC1=C(NC)COCC1=O. The Balaban J connectivity index is 2.45. The van der Waals surface area contributed by atoms with E-state index in [1.54, 1.807) is 0 Å². The van der Waals surface area contributed by atoms with Gasteiger partial charge in [-0.15, -0.1) is 0 Å². The molecule has 63 heavy (non-hydrogen) atoms. The molecule has 0 amide bonds. The van der Waals surface area contributed by atoms with Crippen LogP contribution in [0.2, 0.25) is 0 Å². The van der Waals surface area contributed by atoms with Gasteiger partial charge >= 0.3 is 11.9 Å². The second-order valence-corrected chi connectivity index (χ2v) is 19.3. The fourth-order valence-electron chi connectivity index (χ4n) is 8.79. The molecule has 1 aliphatic rings. The number of ether oxygens (including phenoxy) is 3. The van der Waals surface area contributed by atoms with Crippen LogP contribution in [0.1, 0.15) is 247 Å². The lowest BCUT2D eigenvalue weighted by Crippen LogP contribution is -2.36. The highest BCUT2D eigenvalue weighted by Gasteiger charge is 2.20. The first-order valence-electron chi connectivity index (χ1n) is 27.1. The highest BCUT2D eigenvalue weighted by atomic mass is 16.5. The molecule has 0 fully saturated rings. The lowest BCUT2D eigenvalue weighted by molar-refractivity contribution is -0.150. The number of hydrogen-bond acceptors (Lipinski definition) is 9. The van der Waals surface area contributed by atoms with Gasteiger partial charge in [0, 0.05) is 26.4 Å². The lowest BCUT2D eigenvalue weighted by Gasteiger charge is -2.24. The summed E-state index contributed by atoms with van der Waals surface area (Å²) in [7, 11) is 1.84. The van der Waals surface area contributed by atoms with Crippen molar-refractivity contribution >= 4 is 17.7 Å². The fourth-order valence-corrected chi connectivity index (χ4v) is 8.79. The molecule has 0 saturated heterocycles. The van der Waals surface area contributed by atoms with Gasteiger partial charge in [-0.2, -0.15) is 0 Å². The molecule has 1 heterocycles. The van der Waals surface area contributed by atoms with E-state index in [1.165, 1.54) is 122 Å². The van der Waals surface area contributed by atoms with Gasteiger partial charge in [0.05, 0.1) is 18.9 Å². The number of esters is 2. The Bertz CT molecular complexity index is 1110. The molecular formula is C54H103N3O6. The number of nitrogens with zero attached hydrogens (tertiary/aromatic N) is 1. The van der Waals surface area contributed by atoms with Gasteiger partial charge in [-0.25, -0.2) is 0 Å². The van der Waals surface area contributed by atoms with E-state index in [0.29, 0.717) is 43.6 Å². The van der Waals surface area contributed by atoms with Gasteiger partial charge in [-0.1, -0.05) is 169 Å². The molecule has 0 aromatic rings. The van der Waals surface area contributed by atoms with Crippen LogP contribution in [0.3, 0.4) is 0 Å². The number of ketones is 1. The molecule has 9 heteroatoms. The Kier molecular flexibility index (Phi) is 39.7. The Hall–Kier alpha value is -2.13. The Morgan fingerprint density at radius 2 is 1.05 bits per heavy atom. The number of rotatable bonds is 46. The largest absolute Gasteiger partial charge is 0.465 e. The third kappa shape index (κ3) is 33.9. The fraction of sp³-hybridized carbons (Fsp3) is 0.907. The van der Waals surface area contributed by atoms with Crippen LogP contribution < -0.4 is 10.6 Å². The molecule has 0 spiro atoms. The van der Waals surface area contributed by atoms with Crippen molar-refractivity contribution < 1.29 is 28.6 Å². The first-order chi connectivity index (χ1) is 30.7. The molecule has 0 bridgehead atoms. The second kappa shape index (κ2) is 42.5. The average Bonchev–Trinajstić information content (AvgIpc) is 3.27. The van der Waals surface area contributed by atoms with Gasteiger partial charge in [-0.3, -0.25) is 14.4 Å². The van der Waals surface area contributed by atoms with Gasteiger partial charge in [0.15, 0.2) is 0 Å². The second-order valence-electron chi connectivity index (χ2n) is 19.3. The summed E-state index contributed by atoms with van der Waals surface area (Å²) in [5.41, 5.74) is 1.51. The van der Waals surface area contributed by atoms with Gasteiger partial charge in [0.2, 0.25) is 5.78 Å². The Morgan fingerprint density at radius 3 is 1.57 bits per heavy atom. The molecule has 370 valence electrons. The maximum absolute atomic E-state index is 12.9. The van der Waals surface area contributed by atoms with E-state index >= 15 is 0 Å². The summed E-state index contributed by atoms with van der Waals surface area (Å²) in [6, 6.07) is 0. The van der Waals surface area contributed by atoms with Crippen molar-refractivity contribution in [2.24, 2.45) is 11.8 Å². The van der Waals surface area contributed by atoms with E-state index in [-0.39, 0.29) is 30.4 Å².